The molecule has 104 valence electrons. The highest BCUT2D eigenvalue weighted by Gasteiger charge is 2.13. The largest absolute Gasteiger partial charge is 0.489 e. The number of benzene rings is 1. The van der Waals surface area contributed by atoms with E-state index in [9.17, 15) is 14.9 Å². The Bertz CT molecular complexity index is 481. The van der Waals surface area contributed by atoms with Crippen molar-refractivity contribution in [3.05, 3.63) is 33.3 Å². The van der Waals surface area contributed by atoms with Crippen LogP contribution in [-0.4, -0.2) is 16.9 Å². The maximum absolute atomic E-state index is 11.0. The van der Waals surface area contributed by atoms with Crippen LogP contribution in [0.5, 0.6) is 5.75 Å². The number of hydrazine groups is 1. The summed E-state index contributed by atoms with van der Waals surface area (Å²) >= 11 is 5.88. The summed E-state index contributed by atoms with van der Waals surface area (Å²) in [6.45, 7) is 1.77. The number of halogens is 1. The number of hydrogen-bond donors (Lipinski definition) is 2. The number of nitro benzene ring substituents is 1. The number of non-ortho nitro benzene ring substituents is 1. The van der Waals surface area contributed by atoms with Crippen molar-refractivity contribution >= 4 is 23.2 Å². The minimum absolute atomic E-state index is 0.104. The van der Waals surface area contributed by atoms with Gasteiger partial charge in [0.1, 0.15) is 5.75 Å². The van der Waals surface area contributed by atoms with Crippen LogP contribution in [-0.2, 0) is 4.79 Å². The zero-order chi connectivity index (χ0) is 14.4. The Hall–Kier alpha value is -1.86. The van der Waals surface area contributed by atoms with Gasteiger partial charge in [0.15, 0.2) is 0 Å². The predicted molar refractivity (Wildman–Crippen MR) is 69.8 cm³/mol. The maximum atomic E-state index is 11.0. The lowest BCUT2D eigenvalue weighted by Crippen LogP contribution is -2.30. The van der Waals surface area contributed by atoms with E-state index in [1.54, 1.807) is 6.92 Å². The summed E-state index contributed by atoms with van der Waals surface area (Å²) in [4.78, 5) is 21.0. The number of nitrogens with two attached hydrogens (primary N) is 1. The molecule has 0 radical (unpaired) electrons. The number of amides is 1. The first kappa shape index (κ1) is 15.2. The molecule has 8 heteroatoms. The molecule has 1 aromatic rings. The summed E-state index contributed by atoms with van der Waals surface area (Å²) in [5, 5.41) is 10.7. The van der Waals surface area contributed by atoms with Crippen LogP contribution in [0.2, 0.25) is 5.02 Å². The van der Waals surface area contributed by atoms with E-state index in [-0.39, 0.29) is 29.1 Å². The van der Waals surface area contributed by atoms with Crippen molar-refractivity contribution < 1.29 is 14.5 Å². The normalized spacial score (nSPS) is 11.7. The van der Waals surface area contributed by atoms with E-state index in [0.29, 0.717) is 12.2 Å². The Morgan fingerprint density at radius 1 is 1.63 bits per heavy atom. The second kappa shape index (κ2) is 6.91. The van der Waals surface area contributed by atoms with Crippen molar-refractivity contribution in [3.63, 3.8) is 0 Å². The van der Waals surface area contributed by atoms with Gasteiger partial charge in [-0.05, 0) is 19.4 Å². The molecule has 1 aromatic carbocycles. The Kier molecular flexibility index (Phi) is 5.53. The molecule has 0 saturated carbocycles. The molecule has 0 aliphatic heterocycles. The molecule has 1 atom stereocenters. The van der Waals surface area contributed by atoms with Crippen LogP contribution in [0.1, 0.15) is 19.8 Å². The highest BCUT2D eigenvalue weighted by Crippen LogP contribution is 2.29. The summed E-state index contributed by atoms with van der Waals surface area (Å²) in [5.74, 6) is 5.01. The molecule has 0 saturated heterocycles. The fourth-order valence-electron chi connectivity index (χ4n) is 1.38. The molecule has 0 aromatic heterocycles. The Morgan fingerprint density at radius 2 is 2.32 bits per heavy atom. The lowest BCUT2D eigenvalue weighted by Gasteiger charge is -2.15. The predicted octanol–water partition coefficient (Wildman–Crippen LogP) is 1.79. The number of nitro groups is 1. The SMILES string of the molecule is CC(CCC(=O)NN)Oc1ccc([N+](=O)[O-])cc1Cl. The molecule has 0 bridgehead atoms. The van der Waals surface area contributed by atoms with Gasteiger partial charge >= 0.3 is 0 Å². The molecule has 1 unspecified atom stereocenters. The van der Waals surface area contributed by atoms with Crippen molar-refractivity contribution in [1.29, 1.82) is 0 Å². The van der Waals surface area contributed by atoms with Crippen LogP contribution in [0.25, 0.3) is 0 Å². The number of ether oxygens (including phenoxy) is 1. The van der Waals surface area contributed by atoms with Crippen molar-refractivity contribution in [2.24, 2.45) is 5.84 Å². The number of carbonyl (C=O) groups is 1. The Labute approximate surface area is 114 Å². The molecular weight excluding hydrogens is 274 g/mol. The molecule has 0 heterocycles. The molecule has 1 amide bonds. The van der Waals surface area contributed by atoms with Crippen molar-refractivity contribution in [3.8, 4) is 5.75 Å². The Morgan fingerprint density at radius 3 is 2.84 bits per heavy atom. The minimum atomic E-state index is -0.537. The summed E-state index contributed by atoms with van der Waals surface area (Å²) in [7, 11) is 0. The summed E-state index contributed by atoms with van der Waals surface area (Å²) < 4.78 is 5.50. The maximum Gasteiger partial charge on any atom is 0.271 e. The molecule has 0 aliphatic carbocycles. The zero-order valence-corrected chi connectivity index (χ0v) is 11.0. The van der Waals surface area contributed by atoms with Crippen LogP contribution in [0.15, 0.2) is 18.2 Å². The van der Waals surface area contributed by atoms with E-state index in [1.165, 1.54) is 18.2 Å². The van der Waals surface area contributed by atoms with Gasteiger partial charge in [0, 0.05) is 18.6 Å². The van der Waals surface area contributed by atoms with E-state index < -0.39 is 4.92 Å². The van der Waals surface area contributed by atoms with E-state index in [0.717, 1.165) is 0 Å². The average molecular weight is 288 g/mol. The van der Waals surface area contributed by atoms with E-state index in [4.69, 9.17) is 22.2 Å². The third kappa shape index (κ3) is 4.72. The fraction of sp³-hybridized carbons (Fsp3) is 0.364. The van der Waals surface area contributed by atoms with Gasteiger partial charge < -0.3 is 4.74 Å². The van der Waals surface area contributed by atoms with Crippen molar-refractivity contribution in [2.45, 2.75) is 25.9 Å². The number of nitrogens with zero attached hydrogens (tertiary/aromatic N) is 1. The van der Waals surface area contributed by atoms with Crippen LogP contribution in [0.4, 0.5) is 5.69 Å². The summed E-state index contributed by atoms with van der Waals surface area (Å²) in [6.07, 6.45) is 0.412. The third-order valence-corrected chi connectivity index (χ3v) is 2.69. The lowest BCUT2D eigenvalue weighted by atomic mass is 10.2. The lowest BCUT2D eigenvalue weighted by molar-refractivity contribution is -0.384. The molecule has 0 fully saturated rings. The van der Waals surface area contributed by atoms with Gasteiger partial charge in [0.05, 0.1) is 16.0 Å². The van der Waals surface area contributed by atoms with Crippen LogP contribution < -0.4 is 16.0 Å². The number of nitrogens with one attached hydrogen (secondary N) is 1. The van der Waals surface area contributed by atoms with Crippen molar-refractivity contribution in [1.82, 2.24) is 5.43 Å². The standard InChI is InChI=1S/C11H14ClN3O4/c1-7(2-5-11(16)14-13)19-10-4-3-8(15(17)18)6-9(10)12/h3-4,6-7H,2,5,13H2,1H3,(H,14,16). The third-order valence-electron chi connectivity index (χ3n) is 2.39. The van der Waals surface area contributed by atoms with E-state index in [2.05, 4.69) is 0 Å². The number of rotatable bonds is 6. The Balaban J connectivity index is 2.62. The molecule has 0 spiro atoms. The smallest absolute Gasteiger partial charge is 0.271 e. The molecule has 1 rings (SSSR count). The summed E-state index contributed by atoms with van der Waals surface area (Å²) in [6, 6.07) is 3.96. The molecule has 7 nitrogen and oxygen atoms in total. The van der Waals surface area contributed by atoms with Gasteiger partial charge in [-0.15, -0.1) is 0 Å². The molecule has 19 heavy (non-hydrogen) atoms. The highest BCUT2D eigenvalue weighted by molar-refractivity contribution is 6.32. The van der Waals surface area contributed by atoms with Gasteiger partial charge in [0.25, 0.3) is 5.69 Å². The van der Waals surface area contributed by atoms with Gasteiger partial charge in [-0.1, -0.05) is 11.6 Å². The number of hydrogen-bond acceptors (Lipinski definition) is 5. The second-order valence-corrected chi connectivity index (χ2v) is 4.31. The summed E-state index contributed by atoms with van der Waals surface area (Å²) in [5.41, 5.74) is 1.92. The van der Waals surface area contributed by atoms with Gasteiger partial charge in [0.2, 0.25) is 5.91 Å². The van der Waals surface area contributed by atoms with Gasteiger partial charge in [-0.2, -0.15) is 0 Å². The first-order valence-electron chi connectivity index (χ1n) is 5.54. The number of carbonyl (C=O) groups excluding carboxylic acids is 1. The second-order valence-electron chi connectivity index (χ2n) is 3.91. The zero-order valence-electron chi connectivity index (χ0n) is 10.3. The van der Waals surface area contributed by atoms with Gasteiger partial charge in [-0.25, -0.2) is 5.84 Å². The average Bonchev–Trinajstić information content (AvgIpc) is 2.38. The van der Waals surface area contributed by atoms with E-state index in [1.807, 2.05) is 5.43 Å². The monoisotopic (exact) mass is 287 g/mol. The van der Waals surface area contributed by atoms with Crippen LogP contribution in [0.3, 0.4) is 0 Å². The molecular formula is C11H14ClN3O4. The highest BCUT2D eigenvalue weighted by atomic mass is 35.5. The topological polar surface area (TPSA) is 107 Å². The van der Waals surface area contributed by atoms with Gasteiger partial charge in [-0.3, -0.25) is 20.3 Å². The van der Waals surface area contributed by atoms with Crippen LogP contribution >= 0.6 is 11.6 Å². The van der Waals surface area contributed by atoms with Crippen LogP contribution in [0, 0.1) is 10.1 Å². The quantitative estimate of drug-likeness (QED) is 0.359. The fourth-order valence-corrected chi connectivity index (χ4v) is 1.60. The first-order chi connectivity index (χ1) is 8.93. The van der Waals surface area contributed by atoms with Crippen molar-refractivity contribution in [2.75, 3.05) is 0 Å². The minimum Gasteiger partial charge on any atom is -0.489 e. The van der Waals surface area contributed by atoms with E-state index >= 15 is 0 Å². The molecule has 3 N–H and O–H groups in total. The molecule has 0 aliphatic rings. The first-order valence-corrected chi connectivity index (χ1v) is 5.92.